The van der Waals surface area contributed by atoms with E-state index >= 15 is 0 Å². The number of carbonyl (C=O) groups excluding carboxylic acids is 1. The first kappa shape index (κ1) is 17.6. The molecule has 0 aliphatic heterocycles. The van der Waals surface area contributed by atoms with E-state index in [0.29, 0.717) is 12.2 Å². The minimum absolute atomic E-state index is 0.0936. The smallest absolute Gasteiger partial charge is 0.308 e. The summed E-state index contributed by atoms with van der Waals surface area (Å²) in [5.41, 5.74) is 2.09. The molecular weight excluding hydrogens is 286 g/mol. The summed E-state index contributed by atoms with van der Waals surface area (Å²) in [6.45, 7) is 4.22. The molecule has 0 heterocycles. The van der Waals surface area contributed by atoms with Gasteiger partial charge < -0.3 is 10.4 Å². The van der Waals surface area contributed by atoms with Crippen molar-refractivity contribution in [2.24, 2.45) is 5.92 Å². The first-order valence-corrected chi connectivity index (χ1v) is 8.31. The van der Waals surface area contributed by atoms with Crippen molar-refractivity contribution in [1.82, 2.24) is 5.32 Å². The number of nitrogens with one attached hydrogen (secondary N) is 1. The van der Waals surface area contributed by atoms with E-state index in [1.54, 1.807) is 11.8 Å². The Morgan fingerprint density at radius 3 is 2.76 bits per heavy atom. The van der Waals surface area contributed by atoms with Crippen molar-refractivity contribution in [3.8, 4) is 0 Å². The molecule has 0 saturated heterocycles. The zero-order chi connectivity index (χ0) is 15.7. The Kier molecular flexibility index (Phi) is 7.90. The molecule has 5 heteroatoms. The maximum atomic E-state index is 11.6. The number of carboxylic acid groups (broad SMARTS) is 1. The predicted molar refractivity (Wildman–Crippen MR) is 86.6 cm³/mol. The van der Waals surface area contributed by atoms with E-state index in [0.717, 1.165) is 23.3 Å². The number of amides is 1. The van der Waals surface area contributed by atoms with Crippen LogP contribution in [0.3, 0.4) is 0 Å². The van der Waals surface area contributed by atoms with Gasteiger partial charge in [-0.05, 0) is 31.1 Å². The minimum atomic E-state index is -0.877. The van der Waals surface area contributed by atoms with Crippen LogP contribution in [0.1, 0.15) is 24.5 Å². The van der Waals surface area contributed by atoms with Gasteiger partial charge in [-0.2, -0.15) is 11.8 Å². The highest BCUT2D eigenvalue weighted by molar-refractivity contribution is 7.99. The molecule has 1 unspecified atom stereocenters. The number of rotatable bonds is 9. The molecule has 2 N–H and O–H groups in total. The van der Waals surface area contributed by atoms with Crippen molar-refractivity contribution in [3.05, 3.63) is 35.4 Å². The molecule has 0 bridgehead atoms. The first-order valence-electron chi connectivity index (χ1n) is 7.15. The second kappa shape index (κ2) is 9.45. The molecule has 0 spiro atoms. The second-order valence-electron chi connectivity index (χ2n) is 5.09. The quantitative estimate of drug-likeness (QED) is 0.688. The lowest BCUT2D eigenvalue weighted by atomic mass is 9.98. The van der Waals surface area contributed by atoms with Gasteiger partial charge in [-0.15, -0.1) is 0 Å². The van der Waals surface area contributed by atoms with E-state index in [9.17, 15) is 14.7 Å². The van der Waals surface area contributed by atoms with E-state index < -0.39 is 11.9 Å². The number of carbonyl (C=O) groups is 2. The summed E-state index contributed by atoms with van der Waals surface area (Å²) in [7, 11) is 0. The monoisotopic (exact) mass is 309 g/mol. The normalized spacial score (nSPS) is 11.9. The lowest BCUT2D eigenvalue weighted by molar-refractivity contribution is -0.141. The van der Waals surface area contributed by atoms with Crippen molar-refractivity contribution in [1.29, 1.82) is 0 Å². The highest BCUT2D eigenvalue weighted by atomic mass is 32.2. The molecule has 0 saturated carbocycles. The Hall–Kier alpha value is -1.49. The molecule has 21 heavy (non-hydrogen) atoms. The van der Waals surface area contributed by atoms with Crippen LogP contribution in [0.25, 0.3) is 0 Å². The molecule has 1 aromatic carbocycles. The van der Waals surface area contributed by atoms with E-state index in [1.807, 2.05) is 31.2 Å². The van der Waals surface area contributed by atoms with Crippen molar-refractivity contribution in [3.63, 3.8) is 0 Å². The standard InChI is InChI=1S/C16H23NO3S/c1-3-7-21-11-15(18)17-10-14(16(19)20)9-13-6-4-5-12(2)8-13/h4-6,8,14H,3,7,9-11H2,1-2H3,(H,17,18)(H,19,20). The second-order valence-corrected chi connectivity index (χ2v) is 6.19. The van der Waals surface area contributed by atoms with Gasteiger partial charge in [-0.1, -0.05) is 36.8 Å². The van der Waals surface area contributed by atoms with Gasteiger partial charge in [0.1, 0.15) is 0 Å². The fraction of sp³-hybridized carbons (Fsp3) is 0.500. The molecule has 0 aromatic heterocycles. The SMILES string of the molecule is CCCSCC(=O)NCC(Cc1cccc(C)c1)C(=O)O. The van der Waals surface area contributed by atoms with Crippen molar-refractivity contribution in [2.75, 3.05) is 18.1 Å². The summed E-state index contributed by atoms with van der Waals surface area (Å²) in [6, 6.07) is 7.80. The summed E-state index contributed by atoms with van der Waals surface area (Å²) >= 11 is 1.57. The van der Waals surface area contributed by atoms with Gasteiger partial charge >= 0.3 is 5.97 Å². The van der Waals surface area contributed by atoms with Crippen LogP contribution in [0.5, 0.6) is 0 Å². The van der Waals surface area contributed by atoms with E-state index in [1.165, 1.54) is 0 Å². The van der Waals surface area contributed by atoms with Gasteiger partial charge in [0.2, 0.25) is 5.91 Å². The van der Waals surface area contributed by atoms with Crippen molar-refractivity contribution >= 4 is 23.6 Å². The minimum Gasteiger partial charge on any atom is -0.481 e. The van der Waals surface area contributed by atoms with Crippen LogP contribution >= 0.6 is 11.8 Å². The average Bonchev–Trinajstić information content (AvgIpc) is 2.43. The maximum Gasteiger partial charge on any atom is 0.308 e. The van der Waals surface area contributed by atoms with Crippen LogP contribution in [0, 0.1) is 12.8 Å². The molecular formula is C16H23NO3S. The van der Waals surface area contributed by atoms with Gasteiger partial charge in [0.25, 0.3) is 0 Å². The number of hydrogen-bond donors (Lipinski definition) is 2. The molecule has 1 amide bonds. The molecule has 0 radical (unpaired) electrons. The summed E-state index contributed by atoms with van der Waals surface area (Å²) in [4.78, 5) is 22.9. The number of aliphatic carboxylic acids is 1. The zero-order valence-electron chi connectivity index (χ0n) is 12.6. The van der Waals surface area contributed by atoms with E-state index in [-0.39, 0.29) is 12.5 Å². The number of carboxylic acids is 1. The molecule has 1 aromatic rings. The number of benzene rings is 1. The Labute approximate surface area is 130 Å². The van der Waals surface area contributed by atoms with E-state index in [4.69, 9.17) is 0 Å². The Morgan fingerprint density at radius 1 is 1.38 bits per heavy atom. The van der Waals surface area contributed by atoms with Gasteiger partial charge in [-0.25, -0.2) is 0 Å². The van der Waals surface area contributed by atoms with Crippen LogP contribution in [-0.4, -0.2) is 35.0 Å². The Morgan fingerprint density at radius 2 is 2.14 bits per heavy atom. The van der Waals surface area contributed by atoms with Crippen LogP contribution < -0.4 is 5.32 Å². The molecule has 0 fully saturated rings. The molecule has 1 atom stereocenters. The Balaban J connectivity index is 2.47. The molecule has 0 aliphatic carbocycles. The average molecular weight is 309 g/mol. The molecule has 0 aliphatic rings. The first-order chi connectivity index (χ1) is 10.0. The largest absolute Gasteiger partial charge is 0.481 e. The lowest BCUT2D eigenvalue weighted by Crippen LogP contribution is -2.35. The predicted octanol–water partition coefficient (Wildman–Crippen LogP) is 2.50. The van der Waals surface area contributed by atoms with E-state index in [2.05, 4.69) is 12.2 Å². The highest BCUT2D eigenvalue weighted by Crippen LogP contribution is 2.11. The van der Waals surface area contributed by atoms with Gasteiger partial charge in [-0.3, -0.25) is 9.59 Å². The van der Waals surface area contributed by atoms with Crippen molar-refractivity contribution in [2.45, 2.75) is 26.7 Å². The third kappa shape index (κ3) is 7.18. The lowest BCUT2D eigenvalue weighted by Gasteiger charge is -2.14. The maximum absolute atomic E-state index is 11.6. The molecule has 4 nitrogen and oxygen atoms in total. The summed E-state index contributed by atoms with van der Waals surface area (Å²) in [6.07, 6.45) is 1.46. The fourth-order valence-electron chi connectivity index (χ4n) is 1.97. The van der Waals surface area contributed by atoms with Gasteiger partial charge in [0, 0.05) is 6.54 Å². The fourth-order valence-corrected chi connectivity index (χ4v) is 2.69. The number of thioether (sulfide) groups is 1. The van der Waals surface area contributed by atoms with Crippen LogP contribution in [-0.2, 0) is 16.0 Å². The Bertz CT molecular complexity index is 476. The number of aryl methyl sites for hydroxylation is 1. The summed E-state index contributed by atoms with van der Waals surface area (Å²) in [5.74, 6) is -0.224. The molecule has 1 rings (SSSR count). The van der Waals surface area contributed by atoms with Crippen LogP contribution in [0.15, 0.2) is 24.3 Å². The van der Waals surface area contributed by atoms with Crippen molar-refractivity contribution < 1.29 is 14.7 Å². The zero-order valence-corrected chi connectivity index (χ0v) is 13.4. The summed E-state index contributed by atoms with van der Waals surface area (Å²) < 4.78 is 0. The third-order valence-electron chi connectivity index (χ3n) is 3.04. The third-order valence-corrected chi connectivity index (χ3v) is 4.20. The van der Waals surface area contributed by atoms with Crippen LogP contribution in [0.4, 0.5) is 0 Å². The van der Waals surface area contributed by atoms with Gasteiger partial charge in [0.05, 0.1) is 11.7 Å². The summed E-state index contributed by atoms with van der Waals surface area (Å²) in [5, 5.41) is 12.0. The highest BCUT2D eigenvalue weighted by Gasteiger charge is 2.19. The van der Waals surface area contributed by atoms with Crippen LogP contribution in [0.2, 0.25) is 0 Å². The molecule has 116 valence electrons. The number of hydrogen-bond acceptors (Lipinski definition) is 3. The van der Waals surface area contributed by atoms with Gasteiger partial charge in [0.15, 0.2) is 0 Å². The topological polar surface area (TPSA) is 66.4 Å².